The van der Waals surface area contributed by atoms with E-state index in [0.29, 0.717) is 18.7 Å². The predicted octanol–water partition coefficient (Wildman–Crippen LogP) is 1.54. The first-order valence-electron chi connectivity index (χ1n) is 8.36. The number of aliphatic carboxylic acids is 1. The van der Waals surface area contributed by atoms with Crippen molar-refractivity contribution in [1.82, 2.24) is 4.90 Å². The molecule has 0 aromatic heterocycles. The molecule has 0 bridgehead atoms. The second-order valence-electron chi connectivity index (χ2n) is 6.26. The smallest absolute Gasteiger partial charge is 0.305 e. The van der Waals surface area contributed by atoms with Gasteiger partial charge in [-0.2, -0.15) is 0 Å². The molecule has 1 aromatic rings. The molecular formula is C17H19N3O7. The van der Waals surface area contributed by atoms with Gasteiger partial charge in [0.2, 0.25) is 0 Å². The molecule has 1 fully saturated rings. The number of hydrogen-bond acceptors (Lipinski definition) is 8. The number of hydrogen-bond donors (Lipinski definition) is 1. The monoisotopic (exact) mass is 377 g/mol. The van der Waals surface area contributed by atoms with Crippen LogP contribution >= 0.6 is 0 Å². The Kier molecular flexibility index (Phi) is 5.26. The van der Waals surface area contributed by atoms with Crippen molar-refractivity contribution >= 4 is 29.4 Å². The van der Waals surface area contributed by atoms with Crippen LogP contribution in [0.3, 0.4) is 0 Å². The maximum absolute atomic E-state index is 11.7. The van der Waals surface area contributed by atoms with Crippen molar-refractivity contribution in [2.75, 3.05) is 24.8 Å². The van der Waals surface area contributed by atoms with Gasteiger partial charge in [0.15, 0.2) is 0 Å². The zero-order valence-corrected chi connectivity index (χ0v) is 14.7. The van der Waals surface area contributed by atoms with Gasteiger partial charge in [0.1, 0.15) is 12.3 Å². The highest BCUT2D eigenvalue weighted by molar-refractivity contribution is 5.78. The SMILES string of the molecule is CC(=O)OCCN1C=Cc2c(ccc(N3OCC3CC(=O)O)c2[N+](=O)[O-])C1. The number of carbonyl (C=O) groups excluding carboxylic acids is 1. The van der Waals surface area contributed by atoms with Gasteiger partial charge in [0.25, 0.3) is 0 Å². The molecule has 144 valence electrons. The number of anilines is 1. The van der Waals surface area contributed by atoms with Crippen molar-refractivity contribution in [2.24, 2.45) is 0 Å². The van der Waals surface area contributed by atoms with Crippen molar-refractivity contribution in [1.29, 1.82) is 0 Å². The van der Waals surface area contributed by atoms with Gasteiger partial charge in [-0.15, -0.1) is 0 Å². The number of carboxylic acid groups (broad SMARTS) is 1. The third-order valence-corrected chi connectivity index (χ3v) is 4.36. The molecule has 10 heteroatoms. The normalized spacial score (nSPS) is 17.9. The Morgan fingerprint density at radius 2 is 2.22 bits per heavy atom. The van der Waals surface area contributed by atoms with Crippen LogP contribution in [0.2, 0.25) is 0 Å². The number of rotatable bonds is 7. The minimum absolute atomic E-state index is 0.113. The molecule has 0 amide bonds. The Morgan fingerprint density at radius 1 is 1.44 bits per heavy atom. The lowest BCUT2D eigenvalue weighted by molar-refractivity contribution is -0.384. The van der Waals surface area contributed by atoms with Crippen molar-refractivity contribution < 1.29 is 29.2 Å². The van der Waals surface area contributed by atoms with Crippen LogP contribution in [0.1, 0.15) is 24.5 Å². The number of nitrogens with zero attached hydrogens (tertiary/aromatic N) is 3. The molecule has 0 saturated carbocycles. The van der Waals surface area contributed by atoms with Crippen molar-refractivity contribution in [3.63, 3.8) is 0 Å². The Balaban J connectivity index is 1.82. The summed E-state index contributed by atoms with van der Waals surface area (Å²) in [7, 11) is 0. The molecule has 2 heterocycles. The van der Waals surface area contributed by atoms with Crippen LogP contribution in [-0.2, 0) is 25.7 Å². The Bertz CT molecular complexity index is 808. The van der Waals surface area contributed by atoms with Gasteiger partial charge >= 0.3 is 17.6 Å². The van der Waals surface area contributed by atoms with Gasteiger partial charge in [0.05, 0.1) is 36.1 Å². The van der Waals surface area contributed by atoms with Gasteiger partial charge in [0, 0.05) is 19.7 Å². The van der Waals surface area contributed by atoms with Crippen LogP contribution in [0.15, 0.2) is 18.3 Å². The van der Waals surface area contributed by atoms with Crippen LogP contribution in [0, 0.1) is 10.1 Å². The van der Waals surface area contributed by atoms with Crippen LogP contribution in [0.25, 0.3) is 6.08 Å². The standard InChI is InChI=1S/C17H19N3O7/c1-11(21)26-7-6-18-5-4-14-12(9-18)2-3-15(17(14)20(24)25)19-13(10-27-19)8-16(22)23/h2-5,13H,6-10H2,1H3,(H,22,23). The summed E-state index contributed by atoms with van der Waals surface area (Å²) in [5.74, 6) is -1.35. The van der Waals surface area contributed by atoms with Crippen LogP contribution in [0.4, 0.5) is 11.4 Å². The van der Waals surface area contributed by atoms with Gasteiger partial charge in [-0.1, -0.05) is 6.07 Å². The van der Waals surface area contributed by atoms with E-state index in [4.69, 9.17) is 14.7 Å². The summed E-state index contributed by atoms with van der Waals surface area (Å²) in [6.45, 7) is 2.68. The van der Waals surface area contributed by atoms with E-state index in [2.05, 4.69) is 0 Å². The number of benzene rings is 1. The summed E-state index contributed by atoms with van der Waals surface area (Å²) in [4.78, 5) is 40.2. The summed E-state index contributed by atoms with van der Waals surface area (Å²) in [5, 5.41) is 22.0. The van der Waals surface area contributed by atoms with E-state index in [0.717, 1.165) is 5.56 Å². The molecule has 10 nitrogen and oxygen atoms in total. The second-order valence-corrected chi connectivity index (χ2v) is 6.26. The molecular weight excluding hydrogens is 358 g/mol. The Hall–Kier alpha value is -3.14. The fourth-order valence-corrected chi connectivity index (χ4v) is 3.11. The van der Waals surface area contributed by atoms with Gasteiger partial charge in [-0.3, -0.25) is 24.5 Å². The lowest BCUT2D eigenvalue weighted by atomic mass is 9.99. The summed E-state index contributed by atoms with van der Waals surface area (Å²) < 4.78 is 4.92. The van der Waals surface area contributed by atoms with E-state index in [1.807, 2.05) is 4.90 Å². The van der Waals surface area contributed by atoms with Crippen molar-refractivity contribution in [3.8, 4) is 0 Å². The zero-order valence-electron chi connectivity index (χ0n) is 14.7. The lowest BCUT2D eigenvalue weighted by Crippen LogP contribution is -2.51. The fourth-order valence-electron chi connectivity index (χ4n) is 3.11. The zero-order chi connectivity index (χ0) is 19.6. The molecule has 1 aromatic carbocycles. The number of nitro benzene ring substituents is 1. The molecule has 1 unspecified atom stereocenters. The first-order chi connectivity index (χ1) is 12.9. The van der Waals surface area contributed by atoms with E-state index in [-0.39, 0.29) is 37.0 Å². The largest absolute Gasteiger partial charge is 0.481 e. The number of esters is 1. The highest BCUT2D eigenvalue weighted by atomic mass is 16.7. The molecule has 3 rings (SSSR count). The van der Waals surface area contributed by atoms with E-state index < -0.39 is 16.9 Å². The third-order valence-electron chi connectivity index (χ3n) is 4.36. The molecule has 0 radical (unpaired) electrons. The first kappa shape index (κ1) is 18.6. The van der Waals surface area contributed by atoms with Gasteiger partial charge in [-0.25, -0.2) is 5.06 Å². The fraction of sp³-hybridized carbons (Fsp3) is 0.412. The topological polar surface area (TPSA) is 122 Å². The molecule has 1 N–H and O–H groups in total. The Labute approximate surface area is 154 Å². The summed E-state index contributed by atoms with van der Waals surface area (Å²) in [5.41, 5.74) is 1.35. The van der Waals surface area contributed by atoms with Gasteiger partial charge < -0.3 is 14.7 Å². The maximum Gasteiger partial charge on any atom is 0.305 e. The minimum atomic E-state index is -0.989. The predicted molar refractivity (Wildman–Crippen MR) is 93.6 cm³/mol. The summed E-state index contributed by atoms with van der Waals surface area (Å²) >= 11 is 0. The average molecular weight is 377 g/mol. The molecule has 0 aliphatic carbocycles. The van der Waals surface area contributed by atoms with E-state index >= 15 is 0 Å². The molecule has 2 aliphatic rings. The summed E-state index contributed by atoms with van der Waals surface area (Å²) in [6, 6.07) is 2.90. The summed E-state index contributed by atoms with van der Waals surface area (Å²) in [6.07, 6.45) is 3.20. The highest BCUT2D eigenvalue weighted by Crippen LogP contribution is 2.40. The quantitative estimate of drug-likeness (QED) is 0.428. The van der Waals surface area contributed by atoms with E-state index in [9.17, 15) is 19.7 Å². The number of nitro groups is 1. The lowest BCUT2D eigenvalue weighted by Gasteiger charge is -2.40. The molecule has 1 saturated heterocycles. The minimum Gasteiger partial charge on any atom is -0.481 e. The molecule has 1 atom stereocenters. The average Bonchev–Trinajstić information content (AvgIpc) is 2.58. The highest BCUT2D eigenvalue weighted by Gasteiger charge is 2.38. The second kappa shape index (κ2) is 7.62. The van der Waals surface area contributed by atoms with Crippen molar-refractivity contribution in [3.05, 3.63) is 39.6 Å². The number of carboxylic acids is 1. The van der Waals surface area contributed by atoms with E-state index in [1.165, 1.54) is 12.0 Å². The van der Waals surface area contributed by atoms with Crippen molar-refractivity contribution in [2.45, 2.75) is 25.9 Å². The van der Waals surface area contributed by atoms with Crippen LogP contribution in [0.5, 0.6) is 0 Å². The third kappa shape index (κ3) is 4.00. The first-order valence-corrected chi connectivity index (χ1v) is 8.36. The van der Waals surface area contributed by atoms with E-state index in [1.54, 1.807) is 24.4 Å². The van der Waals surface area contributed by atoms with Crippen LogP contribution in [-0.4, -0.2) is 52.7 Å². The molecule has 0 spiro atoms. The molecule has 27 heavy (non-hydrogen) atoms. The number of hydroxylamine groups is 1. The molecule has 2 aliphatic heterocycles. The number of carbonyl (C=O) groups is 2. The number of fused-ring (bicyclic) bond motifs is 1. The number of ether oxygens (including phenoxy) is 1. The maximum atomic E-state index is 11.7. The van der Waals surface area contributed by atoms with Gasteiger partial charge in [-0.05, 0) is 17.7 Å². The van der Waals surface area contributed by atoms with Crippen LogP contribution < -0.4 is 5.06 Å². The Morgan fingerprint density at radius 3 is 2.81 bits per heavy atom.